The van der Waals surface area contributed by atoms with E-state index in [0.29, 0.717) is 11.1 Å². The second-order valence-electron chi connectivity index (χ2n) is 4.31. The van der Waals surface area contributed by atoms with Gasteiger partial charge in [-0.05, 0) is 36.2 Å². The summed E-state index contributed by atoms with van der Waals surface area (Å²) in [4.78, 5) is 0. The minimum absolute atomic E-state index is 0.0295. The van der Waals surface area contributed by atoms with E-state index >= 15 is 0 Å². The molecule has 3 heteroatoms. The molecular formula is C14H9F3. The van der Waals surface area contributed by atoms with Crippen molar-refractivity contribution in [3.05, 3.63) is 58.9 Å². The van der Waals surface area contributed by atoms with Crippen LogP contribution in [0.25, 0.3) is 11.1 Å². The highest BCUT2D eigenvalue weighted by Crippen LogP contribution is 2.51. The summed E-state index contributed by atoms with van der Waals surface area (Å²) in [5.41, 5.74) is 1.43. The summed E-state index contributed by atoms with van der Waals surface area (Å²) in [5.74, 6) is -3.73. The third-order valence-electron chi connectivity index (χ3n) is 3.12. The second kappa shape index (κ2) is 3.13. The van der Waals surface area contributed by atoms with Crippen LogP contribution < -0.4 is 0 Å². The second-order valence-corrected chi connectivity index (χ2v) is 4.31. The van der Waals surface area contributed by atoms with Gasteiger partial charge in [-0.15, -0.1) is 0 Å². The Bertz CT molecular complexity index is 561. The Balaban J connectivity index is 2.37. The first kappa shape index (κ1) is 10.4. The van der Waals surface area contributed by atoms with E-state index in [9.17, 15) is 13.2 Å². The lowest BCUT2D eigenvalue weighted by Gasteiger charge is -2.12. The summed E-state index contributed by atoms with van der Waals surface area (Å²) in [6.07, 6.45) is 0. The number of aryl methyl sites for hydroxylation is 1. The van der Waals surface area contributed by atoms with Crippen LogP contribution in [0.2, 0.25) is 0 Å². The minimum atomic E-state index is -3.10. The van der Waals surface area contributed by atoms with E-state index < -0.39 is 11.7 Å². The molecule has 1 aliphatic carbocycles. The van der Waals surface area contributed by atoms with Crippen LogP contribution in [0.15, 0.2) is 36.4 Å². The van der Waals surface area contributed by atoms with Crippen molar-refractivity contribution in [3.8, 4) is 11.1 Å². The standard InChI is InChI=1S/C14H9F3/c1-8-2-4-10-11-5-3-9(15)7-13(11)14(16,17)12(10)6-8/h2-7H,1H3. The van der Waals surface area contributed by atoms with Crippen LogP contribution in [0.4, 0.5) is 13.2 Å². The van der Waals surface area contributed by atoms with E-state index in [1.54, 1.807) is 19.1 Å². The van der Waals surface area contributed by atoms with Crippen molar-refractivity contribution in [2.45, 2.75) is 12.8 Å². The lowest BCUT2D eigenvalue weighted by molar-refractivity contribution is 0.0476. The number of hydrogen-bond donors (Lipinski definition) is 0. The first-order chi connectivity index (χ1) is 8.00. The SMILES string of the molecule is Cc1ccc2c(c1)C(F)(F)c1cc(F)ccc1-2. The van der Waals surface area contributed by atoms with Gasteiger partial charge in [0, 0.05) is 11.1 Å². The monoisotopic (exact) mass is 234 g/mol. The Hall–Kier alpha value is -1.77. The van der Waals surface area contributed by atoms with Gasteiger partial charge in [0.1, 0.15) is 5.82 Å². The Morgan fingerprint density at radius 1 is 0.882 bits per heavy atom. The van der Waals surface area contributed by atoms with Gasteiger partial charge in [-0.3, -0.25) is 0 Å². The van der Waals surface area contributed by atoms with E-state index in [2.05, 4.69) is 0 Å². The zero-order chi connectivity index (χ0) is 12.2. The molecule has 86 valence electrons. The lowest BCUT2D eigenvalue weighted by atomic mass is 10.0. The van der Waals surface area contributed by atoms with Crippen molar-refractivity contribution >= 4 is 0 Å². The topological polar surface area (TPSA) is 0 Å². The van der Waals surface area contributed by atoms with Gasteiger partial charge < -0.3 is 0 Å². The fourth-order valence-corrected chi connectivity index (χ4v) is 2.31. The van der Waals surface area contributed by atoms with E-state index in [0.717, 1.165) is 11.6 Å². The Morgan fingerprint density at radius 3 is 2.18 bits per heavy atom. The highest BCUT2D eigenvalue weighted by Gasteiger charge is 2.44. The normalized spacial score (nSPS) is 15.5. The molecule has 0 aliphatic heterocycles. The molecule has 0 bridgehead atoms. The molecule has 0 fully saturated rings. The van der Waals surface area contributed by atoms with Crippen molar-refractivity contribution in [1.82, 2.24) is 0 Å². The van der Waals surface area contributed by atoms with Gasteiger partial charge >= 0.3 is 0 Å². The number of hydrogen-bond acceptors (Lipinski definition) is 0. The van der Waals surface area contributed by atoms with Gasteiger partial charge in [0.15, 0.2) is 0 Å². The molecule has 0 unspecified atom stereocenters. The van der Waals surface area contributed by atoms with Gasteiger partial charge in [-0.25, -0.2) is 4.39 Å². The number of halogens is 3. The van der Waals surface area contributed by atoms with Gasteiger partial charge in [0.25, 0.3) is 5.92 Å². The molecule has 17 heavy (non-hydrogen) atoms. The fraction of sp³-hybridized carbons (Fsp3) is 0.143. The zero-order valence-electron chi connectivity index (χ0n) is 9.10. The molecule has 0 nitrogen and oxygen atoms in total. The molecule has 0 saturated carbocycles. The van der Waals surface area contributed by atoms with Crippen LogP contribution >= 0.6 is 0 Å². The number of rotatable bonds is 0. The van der Waals surface area contributed by atoms with E-state index in [4.69, 9.17) is 0 Å². The molecule has 3 rings (SSSR count). The van der Waals surface area contributed by atoms with Crippen LogP contribution in [0, 0.1) is 12.7 Å². The van der Waals surface area contributed by atoms with Gasteiger partial charge in [-0.2, -0.15) is 8.78 Å². The molecule has 0 radical (unpaired) electrons. The van der Waals surface area contributed by atoms with Gasteiger partial charge in [0.2, 0.25) is 0 Å². The lowest BCUT2D eigenvalue weighted by Crippen LogP contribution is -2.11. The average Bonchev–Trinajstić information content (AvgIpc) is 2.49. The molecule has 0 atom stereocenters. The van der Waals surface area contributed by atoms with Crippen LogP contribution in [-0.4, -0.2) is 0 Å². The van der Waals surface area contributed by atoms with Crippen molar-refractivity contribution < 1.29 is 13.2 Å². The smallest absolute Gasteiger partial charge is 0.207 e. The summed E-state index contributed by atoms with van der Waals surface area (Å²) >= 11 is 0. The molecule has 2 aromatic carbocycles. The highest BCUT2D eigenvalue weighted by molar-refractivity contribution is 5.79. The molecule has 0 spiro atoms. The highest BCUT2D eigenvalue weighted by atomic mass is 19.3. The van der Waals surface area contributed by atoms with Crippen molar-refractivity contribution in [2.24, 2.45) is 0 Å². The Labute approximate surface area is 96.7 Å². The quantitative estimate of drug-likeness (QED) is 0.639. The number of fused-ring (bicyclic) bond motifs is 3. The van der Waals surface area contributed by atoms with Crippen molar-refractivity contribution in [3.63, 3.8) is 0 Å². The van der Waals surface area contributed by atoms with Crippen LogP contribution in [-0.2, 0) is 5.92 Å². The molecule has 2 aromatic rings. The number of alkyl halides is 2. The van der Waals surface area contributed by atoms with Crippen LogP contribution in [0.5, 0.6) is 0 Å². The first-order valence-corrected chi connectivity index (χ1v) is 5.29. The maximum absolute atomic E-state index is 14.1. The van der Waals surface area contributed by atoms with Gasteiger partial charge in [0.05, 0.1) is 0 Å². The molecule has 0 N–H and O–H groups in total. The third-order valence-corrected chi connectivity index (χ3v) is 3.12. The van der Waals surface area contributed by atoms with Gasteiger partial charge in [-0.1, -0.05) is 23.8 Å². The molecule has 0 saturated heterocycles. The fourth-order valence-electron chi connectivity index (χ4n) is 2.31. The maximum atomic E-state index is 14.1. The summed E-state index contributed by atoms with van der Waals surface area (Å²) in [6.45, 7) is 1.76. The van der Waals surface area contributed by atoms with Crippen LogP contribution in [0.3, 0.4) is 0 Å². The third kappa shape index (κ3) is 1.32. The molecule has 0 amide bonds. The van der Waals surface area contributed by atoms with Crippen LogP contribution in [0.1, 0.15) is 16.7 Å². The van der Waals surface area contributed by atoms with E-state index in [1.165, 1.54) is 18.2 Å². The average molecular weight is 234 g/mol. The van der Waals surface area contributed by atoms with Crippen molar-refractivity contribution in [1.29, 1.82) is 0 Å². The predicted octanol–water partition coefficient (Wildman–Crippen LogP) is 4.25. The zero-order valence-corrected chi connectivity index (χ0v) is 9.10. The minimum Gasteiger partial charge on any atom is -0.207 e. The Kier molecular flexibility index (Phi) is 1.91. The molecule has 0 aromatic heterocycles. The molecule has 0 heterocycles. The molecule has 1 aliphatic rings. The van der Waals surface area contributed by atoms with E-state index in [1.807, 2.05) is 0 Å². The summed E-state index contributed by atoms with van der Waals surface area (Å²) in [6, 6.07) is 8.47. The number of benzene rings is 2. The summed E-state index contributed by atoms with van der Waals surface area (Å²) in [5, 5.41) is 0. The van der Waals surface area contributed by atoms with E-state index in [-0.39, 0.29) is 11.1 Å². The molecular weight excluding hydrogens is 225 g/mol. The summed E-state index contributed by atoms with van der Waals surface area (Å²) in [7, 11) is 0. The maximum Gasteiger partial charge on any atom is 0.299 e. The Morgan fingerprint density at radius 2 is 1.47 bits per heavy atom. The summed E-state index contributed by atoms with van der Waals surface area (Å²) < 4.78 is 41.3. The van der Waals surface area contributed by atoms with Crippen molar-refractivity contribution in [2.75, 3.05) is 0 Å². The first-order valence-electron chi connectivity index (χ1n) is 5.29. The largest absolute Gasteiger partial charge is 0.299 e. The predicted molar refractivity (Wildman–Crippen MR) is 59.6 cm³/mol.